The Kier molecular flexibility index (Phi) is 5.72. The van der Waals surface area contributed by atoms with E-state index in [1.165, 1.54) is 0 Å². The monoisotopic (exact) mass is 424 g/mol. The number of piperidine rings is 1. The van der Waals surface area contributed by atoms with E-state index in [4.69, 9.17) is 11.6 Å². The molecule has 0 saturated carbocycles. The third kappa shape index (κ3) is 4.31. The second-order valence-corrected chi connectivity index (χ2v) is 8.21. The van der Waals surface area contributed by atoms with Crippen molar-refractivity contribution in [3.8, 4) is 5.82 Å². The topological polar surface area (TPSA) is 75.9 Å². The predicted molar refractivity (Wildman–Crippen MR) is 118 cm³/mol. The largest absolute Gasteiger partial charge is 0.355 e. The van der Waals surface area contributed by atoms with E-state index in [0.29, 0.717) is 10.8 Å². The first kappa shape index (κ1) is 20.3. The van der Waals surface area contributed by atoms with Crippen LogP contribution in [0, 0.1) is 26.7 Å². The number of rotatable bonds is 4. The zero-order valence-corrected chi connectivity index (χ0v) is 18.1. The normalized spacial score (nSPS) is 14.7. The molecule has 156 valence electrons. The van der Waals surface area contributed by atoms with Crippen LogP contribution in [0.25, 0.3) is 5.82 Å². The molecule has 0 atom stereocenters. The summed E-state index contributed by atoms with van der Waals surface area (Å²) in [5.74, 6) is 1.55. The van der Waals surface area contributed by atoms with E-state index in [0.717, 1.165) is 54.4 Å². The Morgan fingerprint density at radius 1 is 1.03 bits per heavy atom. The molecule has 1 saturated heterocycles. The minimum absolute atomic E-state index is 0.0248. The lowest BCUT2D eigenvalue weighted by molar-refractivity contribution is -0.120. The summed E-state index contributed by atoms with van der Waals surface area (Å²) in [6.07, 6.45) is 1.54. The van der Waals surface area contributed by atoms with Gasteiger partial charge >= 0.3 is 0 Å². The number of halogens is 1. The lowest BCUT2D eigenvalue weighted by Gasteiger charge is -2.31. The summed E-state index contributed by atoms with van der Waals surface area (Å²) in [7, 11) is 0. The van der Waals surface area contributed by atoms with E-state index in [-0.39, 0.29) is 11.8 Å². The average molecular weight is 425 g/mol. The van der Waals surface area contributed by atoms with Crippen LogP contribution in [0.5, 0.6) is 0 Å². The van der Waals surface area contributed by atoms with Crippen molar-refractivity contribution >= 4 is 29.0 Å². The molecule has 8 heteroatoms. The van der Waals surface area contributed by atoms with E-state index in [1.54, 1.807) is 10.7 Å². The van der Waals surface area contributed by atoms with Crippen molar-refractivity contribution in [1.82, 2.24) is 20.0 Å². The standard InChI is InChI=1S/C22H25ClN6O/c1-14-4-5-18(13-19(14)23)24-22(30)17-8-10-28(11-9-17)20-6-7-21(26-25-20)29-16(3)12-15(2)27-29/h4-7,12-13,17H,8-11H2,1-3H3,(H,24,30). The average Bonchev–Trinajstić information content (AvgIpc) is 3.09. The molecular weight excluding hydrogens is 400 g/mol. The predicted octanol–water partition coefficient (Wildman–Crippen LogP) is 4.10. The molecule has 1 aromatic carbocycles. The van der Waals surface area contributed by atoms with E-state index >= 15 is 0 Å². The number of carbonyl (C=O) groups is 1. The van der Waals surface area contributed by atoms with Crippen molar-refractivity contribution in [2.24, 2.45) is 5.92 Å². The lowest BCUT2D eigenvalue weighted by Crippen LogP contribution is -2.38. The van der Waals surface area contributed by atoms with Crippen molar-refractivity contribution in [2.75, 3.05) is 23.3 Å². The molecule has 4 rings (SSSR count). The number of anilines is 2. The maximum atomic E-state index is 12.6. The molecule has 3 heterocycles. The van der Waals surface area contributed by atoms with Gasteiger partial charge in [0.1, 0.15) is 0 Å². The van der Waals surface area contributed by atoms with Crippen molar-refractivity contribution in [2.45, 2.75) is 33.6 Å². The smallest absolute Gasteiger partial charge is 0.227 e. The molecule has 0 unspecified atom stereocenters. The van der Waals surface area contributed by atoms with Gasteiger partial charge in [0.05, 0.1) is 5.69 Å². The summed E-state index contributed by atoms with van der Waals surface area (Å²) >= 11 is 6.15. The highest BCUT2D eigenvalue weighted by atomic mass is 35.5. The van der Waals surface area contributed by atoms with Crippen LogP contribution in [-0.4, -0.2) is 39.0 Å². The number of hydrogen-bond acceptors (Lipinski definition) is 5. The molecule has 1 amide bonds. The summed E-state index contributed by atoms with van der Waals surface area (Å²) in [4.78, 5) is 14.8. The fourth-order valence-electron chi connectivity index (χ4n) is 3.75. The number of aromatic nitrogens is 4. The molecule has 3 aromatic rings. The second kappa shape index (κ2) is 8.44. The Balaban J connectivity index is 1.35. The summed E-state index contributed by atoms with van der Waals surface area (Å²) in [5.41, 5.74) is 3.71. The SMILES string of the molecule is Cc1cc(C)n(-c2ccc(N3CCC(C(=O)Nc4ccc(C)c(Cl)c4)CC3)nn2)n1. The van der Waals surface area contributed by atoms with Gasteiger partial charge in [0.2, 0.25) is 5.91 Å². The number of amides is 1. The van der Waals surface area contributed by atoms with Crippen LogP contribution in [0.4, 0.5) is 11.5 Å². The van der Waals surface area contributed by atoms with Crippen molar-refractivity contribution in [3.63, 3.8) is 0 Å². The van der Waals surface area contributed by atoms with Crippen LogP contribution in [0.2, 0.25) is 5.02 Å². The van der Waals surface area contributed by atoms with Gasteiger partial charge < -0.3 is 10.2 Å². The highest BCUT2D eigenvalue weighted by Crippen LogP contribution is 2.25. The van der Waals surface area contributed by atoms with Crippen LogP contribution in [0.15, 0.2) is 36.4 Å². The molecule has 0 radical (unpaired) electrons. The van der Waals surface area contributed by atoms with E-state index < -0.39 is 0 Å². The summed E-state index contributed by atoms with van der Waals surface area (Å²) in [6.45, 7) is 7.42. The van der Waals surface area contributed by atoms with Gasteiger partial charge in [0.25, 0.3) is 0 Å². The van der Waals surface area contributed by atoms with Gasteiger partial charge in [-0.3, -0.25) is 4.79 Å². The van der Waals surface area contributed by atoms with Gasteiger partial charge in [-0.2, -0.15) is 5.10 Å². The number of benzene rings is 1. The fourth-order valence-corrected chi connectivity index (χ4v) is 3.93. The number of aryl methyl sites for hydroxylation is 3. The van der Waals surface area contributed by atoms with Gasteiger partial charge in [-0.15, -0.1) is 10.2 Å². The van der Waals surface area contributed by atoms with E-state index in [2.05, 4.69) is 25.5 Å². The van der Waals surface area contributed by atoms with E-state index in [9.17, 15) is 4.79 Å². The molecule has 1 aliphatic heterocycles. The van der Waals surface area contributed by atoms with Crippen LogP contribution >= 0.6 is 11.6 Å². The molecule has 7 nitrogen and oxygen atoms in total. The first-order valence-corrected chi connectivity index (χ1v) is 10.5. The van der Waals surface area contributed by atoms with Gasteiger partial charge in [-0.25, -0.2) is 4.68 Å². The molecule has 0 bridgehead atoms. The van der Waals surface area contributed by atoms with Gasteiger partial charge in [-0.05, 0) is 69.5 Å². The quantitative estimate of drug-likeness (QED) is 0.682. The zero-order chi connectivity index (χ0) is 21.3. The van der Waals surface area contributed by atoms with E-state index in [1.807, 2.05) is 51.1 Å². The minimum Gasteiger partial charge on any atom is -0.355 e. The molecule has 1 N–H and O–H groups in total. The molecule has 1 fully saturated rings. The summed E-state index contributed by atoms with van der Waals surface area (Å²) in [6, 6.07) is 11.5. The van der Waals surface area contributed by atoms with Crippen molar-refractivity contribution < 1.29 is 4.79 Å². The number of nitrogens with zero attached hydrogens (tertiary/aromatic N) is 5. The minimum atomic E-state index is -0.0248. The molecule has 30 heavy (non-hydrogen) atoms. The number of nitrogens with one attached hydrogen (secondary N) is 1. The van der Waals surface area contributed by atoms with Gasteiger partial charge in [-0.1, -0.05) is 17.7 Å². The summed E-state index contributed by atoms with van der Waals surface area (Å²) in [5, 5.41) is 16.8. The van der Waals surface area contributed by atoms with Crippen LogP contribution < -0.4 is 10.2 Å². The number of carbonyl (C=O) groups excluding carboxylic acids is 1. The Morgan fingerprint density at radius 2 is 1.73 bits per heavy atom. The maximum absolute atomic E-state index is 12.6. The van der Waals surface area contributed by atoms with Crippen molar-refractivity contribution in [3.05, 3.63) is 58.4 Å². The Hall–Kier alpha value is -2.93. The molecule has 0 spiro atoms. The molecule has 2 aromatic heterocycles. The highest BCUT2D eigenvalue weighted by Gasteiger charge is 2.26. The molecular formula is C22H25ClN6O. The third-order valence-corrected chi connectivity index (χ3v) is 5.90. The van der Waals surface area contributed by atoms with Gasteiger partial charge in [0.15, 0.2) is 11.6 Å². The van der Waals surface area contributed by atoms with Crippen LogP contribution in [0.3, 0.4) is 0 Å². The Bertz CT molecular complexity index is 1050. The zero-order valence-electron chi connectivity index (χ0n) is 17.4. The Labute approximate surface area is 181 Å². The van der Waals surface area contributed by atoms with Crippen LogP contribution in [-0.2, 0) is 4.79 Å². The lowest BCUT2D eigenvalue weighted by atomic mass is 9.95. The molecule has 1 aliphatic rings. The van der Waals surface area contributed by atoms with Gasteiger partial charge in [0, 0.05) is 35.4 Å². The first-order valence-electron chi connectivity index (χ1n) is 10.1. The second-order valence-electron chi connectivity index (χ2n) is 7.80. The maximum Gasteiger partial charge on any atom is 0.227 e. The van der Waals surface area contributed by atoms with Crippen LogP contribution in [0.1, 0.15) is 29.8 Å². The highest BCUT2D eigenvalue weighted by molar-refractivity contribution is 6.31. The van der Waals surface area contributed by atoms with Crippen molar-refractivity contribution in [1.29, 1.82) is 0 Å². The fraction of sp³-hybridized carbons (Fsp3) is 0.364. The molecule has 0 aliphatic carbocycles. The third-order valence-electron chi connectivity index (χ3n) is 5.49. The Morgan fingerprint density at radius 3 is 2.33 bits per heavy atom. The first-order chi connectivity index (χ1) is 14.4. The summed E-state index contributed by atoms with van der Waals surface area (Å²) < 4.78 is 1.79. The number of hydrogen-bond donors (Lipinski definition) is 1.